The van der Waals surface area contributed by atoms with Crippen molar-refractivity contribution in [2.24, 2.45) is 0 Å². The molecular weight excluding hydrogens is 318 g/mol. The molecule has 2 fully saturated rings. The number of rotatable bonds is 3. The zero-order valence-electron chi connectivity index (χ0n) is 14.7. The quantitative estimate of drug-likeness (QED) is 0.913. The summed E-state index contributed by atoms with van der Waals surface area (Å²) >= 11 is 0. The average molecular weight is 343 g/mol. The normalized spacial score (nSPS) is 26.3. The lowest BCUT2D eigenvalue weighted by Crippen LogP contribution is -2.48. The van der Waals surface area contributed by atoms with Crippen molar-refractivity contribution in [3.05, 3.63) is 23.8 Å². The van der Waals surface area contributed by atoms with Gasteiger partial charge in [-0.1, -0.05) is 13.0 Å². The maximum absolute atomic E-state index is 13.3. The first-order valence-corrected chi connectivity index (χ1v) is 9.29. The fourth-order valence-electron chi connectivity index (χ4n) is 4.56. The molecule has 0 spiro atoms. The molecule has 2 atom stereocenters. The summed E-state index contributed by atoms with van der Waals surface area (Å²) in [7, 11) is 0. The smallest absolute Gasteiger partial charge is 0.262 e. The van der Waals surface area contributed by atoms with Gasteiger partial charge in [0.25, 0.3) is 11.8 Å². The zero-order chi connectivity index (χ0) is 17.4. The molecule has 1 aromatic carbocycles. The molecule has 4 rings (SSSR count). The van der Waals surface area contributed by atoms with Gasteiger partial charge in [0.2, 0.25) is 0 Å². The van der Waals surface area contributed by atoms with Gasteiger partial charge < -0.3 is 15.0 Å². The molecule has 0 bridgehead atoms. The number of carbonyl (C=O) groups is 2. The van der Waals surface area contributed by atoms with E-state index in [0.717, 1.165) is 32.5 Å². The minimum absolute atomic E-state index is 0.0263. The van der Waals surface area contributed by atoms with Crippen molar-refractivity contribution in [2.75, 3.05) is 31.6 Å². The van der Waals surface area contributed by atoms with Gasteiger partial charge in [-0.25, -0.2) is 0 Å². The number of fused-ring (bicyclic) bond motifs is 1. The molecule has 6 heteroatoms. The van der Waals surface area contributed by atoms with Crippen molar-refractivity contribution in [2.45, 2.75) is 44.7 Å². The first-order chi connectivity index (χ1) is 12.2. The number of para-hydroxylation sites is 1. The van der Waals surface area contributed by atoms with E-state index in [1.165, 1.54) is 12.8 Å². The van der Waals surface area contributed by atoms with E-state index in [1.54, 1.807) is 18.2 Å². The van der Waals surface area contributed by atoms with Crippen molar-refractivity contribution >= 4 is 17.5 Å². The average Bonchev–Trinajstić information content (AvgIpc) is 3.28. The summed E-state index contributed by atoms with van der Waals surface area (Å²) < 4.78 is 5.58. The lowest BCUT2D eigenvalue weighted by atomic mass is 10.0. The Bertz CT molecular complexity index is 690. The summed E-state index contributed by atoms with van der Waals surface area (Å²) in [5.41, 5.74) is 1.15. The van der Waals surface area contributed by atoms with E-state index in [-0.39, 0.29) is 24.5 Å². The Morgan fingerprint density at radius 2 is 2.04 bits per heavy atom. The molecule has 0 unspecified atom stereocenters. The molecule has 1 aromatic rings. The van der Waals surface area contributed by atoms with Crippen LogP contribution in [0.15, 0.2) is 18.2 Å². The van der Waals surface area contributed by atoms with Crippen LogP contribution in [0.3, 0.4) is 0 Å². The van der Waals surface area contributed by atoms with Crippen LogP contribution in [0.5, 0.6) is 5.75 Å². The first-order valence-electron chi connectivity index (χ1n) is 9.29. The van der Waals surface area contributed by atoms with Crippen molar-refractivity contribution in [3.63, 3.8) is 0 Å². The minimum Gasteiger partial charge on any atom is -0.481 e. The zero-order valence-corrected chi connectivity index (χ0v) is 14.7. The highest BCUT2D eigenvalue weighted by molar-refractivity contribution is 6.03. The third-order valence-electron chi connectivity index (χ3n) is 5.69. The number of hydrogen-bond donors (Lipinski definition) is 1. The molecule has 2 amide bonds. The number of nitrogens with one attached hydrogen (secondary N) is 1. The number of hydrogen-bond acceptors (Lipinski definition) is 4. The third kappa shape index (κ3) is 2.88. The van der Waals surface area contributed by atoms with E-state index in [9.17, 15) is 9.59 Å². The van der Waals surface area contributed by atoms with Crippen molar-refractivity contribution in [3.8, 4) is 5.75 Å². The third-order valence-corrected chi connectivity index (χ3v) is 5.69. The highest BCUT2D eigenvalue weighted by Gasteiger charge is 2.40. The lowest BCUT2D eigenvalue weighted by Gasteiger charge is -2.35. The molecule has 3 aliphatic rings. The maximum atomic E-state index is 13.3. The second-order valence-corrected chi connectivity index (χ2v) is 7.07. The molecule has 25 heavy (non-hydrogen) atoms. The van der Waals surface area contributed by atoms with Gasteiger partial charge >= 0.3 is 0 Å². The van der Waals surface area contributed by atoms with Crippen LogP contribution >= 0.6 is 0 Å². The maximum Gasteiger partial charge on any atom is 0.262 e. The number of carbonyl (C=O) groups excluding carboxylic acids is 2. The van der Waals surface area contributed by atoms with E-state index in [1.807, 2.05) is 4.90 Å². The van der Waals surface area contributed by atoms with Gasteiger partial charge in [-0.2, -0.15) is 0 Å². The number of nitrogens with zero attached hydrogens (tertiary/aromatic N) is 2. The van der Waals surface area contributed by atoms with Gasteiger partial charge in [0.15, 0.2) is 12.4 Å². The van der Waals surface area contributed by atoms with E-state index < -0.39 is 0 Å². The van der Waals surface area contributed by atoms with Gasteiger partial charge in [-0.15, -0.1) is 0 Å². The summed E-state index contributed by atoms with van der Waals surface area (Å²) in [4.78, 5) is 29.3. The number of amides is 2. The summed E-state index contributed by atoms with van der Waals surface area (Å²) in [5.74, 6) is 0.357. The van der Waals surface area contributed by atoms with Gasteiger partial charge in [0, 0.05) is 18.6 Å². The number of likely N-dealkylation sites (tertiary alicyclic amines) is 2. The molecule has 0 saturated carbocycles. The monoisotopic (exact) mass is 343 g/mol. The van der Waals surface area contributed by atoms with Crippen LogP contribution in [-0.2, 0) is 4.79 Å². The SMILES string of the molecule is CCN1CCC[C@@H]1[C@H]1CCCN1C(=O)c1cccc2c1OCC(=O)N2. The Kier molecular flexibility index (Phi) is 4.37. The van der Waals surface area contributed by atoms with E-state index in [2.05, 4.69) is 17.1 Å². The Morgan fingerprint density at radius 3 is 2.88 bits per heavy atom. The second-order valence-electron chi connectivity index (χ2n) is 7.07. The van der Waals surface area contributed by atoms with Crippen molar-refractivity contribution < 1.29 is 14.3 Å². The summed E-state index contributed by atoms with van der Waals surface area (Å²) in [6.07, 6.45) is 4.51. The molecule has 0 aromatic heterocycles. The fraction of sp³-hybridized carbons (Fsp3) is 0.579. The van der Waals surface area contributed by atoms with E-state index >= 15 is 0 Å². The standard InChI is InChI=1S/C19H25N3O3/c1-2-21-10-4-8-15(21)16-9-5-11-22(16)19(24)13-6-3-7-14-18(13)25-12-17(23)20-14/h3,6-7,15-16H,2,4-5,8-12H2,1H3,(H,20,23)/t15-,16-/m1/s1. The van der Waals surface area contributed by atoms with E-state index in [0.29, 0.717) is 23.0 Å². The van der Waals surface area contributed by atoms with Crippen LogP contribution in [0.1, 0.15) is 43.0 Å². The van der Waals surface area contributed by atoms with E-state index in [4.69, 9.17) is 4.74 Å². The second kappa shape index (κ2) is 6.67. The molecule has 3 heterocycles. The molecular formula is C19H25N3O3. The van der Waals surface area contributed by atoms with Crippen LogP contribution in [0.2, 0.25) is 0 Å². The fourth-order valence-corrected chi connectivity index (χ4v) is 4.56. The number of ether oxygens (including phenoxy) is 1. The van der Waals surface area contributed by atoms with Crippen LogP contribution < -0.4 is 10.1 Å². The first kappa shape index (κ1) is 16.4. The highest BCUT2D eigenvalue weighted by atomic mass is 16.5. The van der Waals surface area contributed by atoms with Crippen molar-refractivity contribution in [1.82, 2.24) is 9.80 Å². The van der Waals surface area contributed by atoms with Gasteiger partial charge in [0.05, 0.1) is 11.3 Å². The van der Waals surface area contributed by atoms with Gasteiger partial charge in [0.1, 0.15) is 0 Å². The van der Waals surface area contributed by atoms with Gasteiger partial charge in [-0.05, 0) is 50.9 Å². The number of anilines is 1. The number of likely N-dealkylation sites (N-methyl/N-ethyl adjacent to an activating group) is 1. The summed E-state index contributed by atoms with van der Waals surface area (Å²) in [6, 6.07) is 6.14. The molecule has 6 nitrogen and oxygen atoms in total. The molecule has 134 valence electrons. The largest absolute Gasteiger partial charge is 0.481 e. The molecule has 1 N–H and O–H groups in total. The van der Waals surface area contributed by atoms with Crippen LogP contribution in [0, 0.1) is 0 Å². The van der Waals surface area contributed by atoms with Crippen LogP contribution in [-0.4, -0.2) is 59.9 Å². The summed E-state index contributed by atoms with van der Waals surface area (Å²) in [5, 5.41) is 2.79. The van der Waals surface area contributed by atoms with Crippen LogP contribution in [0.4, 0.5) is 5.69 Å². The molecule has 0 radical (unpaired) electrons. The lowest BCUT2D eigenvalue weighted by molar-refractivity contribution is -0.118. The van der Waals surface area contributed by atoms with Gasteiger partial charge in [-0.3, -0.25) is 14.5 Å². The molecule has 2 saturated heterocycles. The van der Waals surface area contributed by atoms with Crippen molar-refractivity contribution in [1.29, 1.82) is 0 Å². The predicted octanol–water partition coefficient (Wildman–Crippen LogP) is 2.11. The molecule has 0 aliphatic carbocycles. The molecule has 3 aliphatic heterocycles. The Morgan fingerprint density at radius 1 is 1.24 bits per heavy atom. The summed E-state index contributed by atoms with van der Waals surface area (Å²) in [6.45, 7) is 5.14. The topological polar surface area (TPSA) is 61.9 Å². The Labute approximate surface area is 148 Å². The Balaban J connectivity index is 1.60. The predicted molar refractivity (Wildman–Crippen MR) is 94.9 cm³/mol. The number of benzene rings is 1. The van der Waals surface area contributed by atoms with Crippen LogP contribution in [0.25, 0.3) is 0 Å². The highest BCUT2D eigenvalue weighted by Crippen LogP contribution is 2.35. The Hall–Kier alpha value is -2.08. The minimum atomic E-state index is -0.180.